The number of amides is 3. The van der Waals surface area contributed by atoms with Crippen LogP contribution in [0.5, 0.6) is 0 Å². The van der Waals surface area contributed by atoms with Crippen LogP contribution < -0.4 is 5.32 Å². The molecule has 2 fully saturated rings. The van der Waals surface area contributed by atoms with E-state index in [9.17, 15) is 14.4 Å². The molecule has 1 aliphatic carbocycles. The van der Waals surface area contributed by atoms with Gasteiger partial charge in [0.05, 0.1) is 27.8 Å². The van der Waals surface area contributed by atoms with E-state index in [1.807, 2.05) is 24.3 Å². The topological polar surface area (TPSA) is 79.4 Å². The van der Waals surface area contributed by atoms with Gasteiger partial charge in [-0.25, -0.2) is 4.98 Å². The van der Waals surface area contributed by atoms with E-state index in [-0.39, 0.29) is 40.6 Å². The van der Waals surface area contributed by atoms with Gasteiger partial charge >= 0.3 is 0 Å². The van der Waals surface area contributed by atoms with E-state index < -0.39 is 0 Å². The van der Waals surface area contributed by atoms with Gasteiger partial charge < -0.3 is 5.32 Å². The lowest BCUT2D eigenvalue weighted by atomic mass is 9.89. The molecular formula is C18H19N3O3S3. The normalized spacial score (nSPS) is 23.2. The number of benzene rings is 1. The number of carbonyl (C=O) groups excluding carboxylic acids is 3. The zero-order valence-electron chi connectivity index (χ0n) is 14.6. The Morgan fingerprint density at radius 1 is 1.26 bits per heavy atom. The Hall–Kier alpha value is -1.58. The number of nitrogens with zero attached hydrogens (tertiary/aromatic N) is 2. The first-order chi connectivity index (χ1) is 13.1. The summed E-state index contributed by atoms with van der Waals surface area (Å²) < 4.78 is 1.98. The first kappa shape index (κ1) is 18.8. The van der Waals surface area contributed by atoms with Crippen molar-refractivity contribution in [2.24, 2.45) is 0 Å². The molecule has 1 aliphatic heterocycles. The monoisotopic (exact) mass is 421 g/mol. The molecule has 1 aromatic carbocycles. The number of imide groups is 1. The lowest BCUT2D eigenvalue weighted by Gasteiger charge is -2.36. The third-order valence-corrected chi connectivity index (χ3v) is 7.81. The number of rotatable bonds is 5. The summed E-state index contributed by atoms with van der Waals surface area (Å²) in [6, 6.07) is 7.53. The number of nitrogens with one attached hydrogen (secondary N) is 1. The zero-order chi connectivity index (χ0) is 18.8. The van der Waals surface area contributed by atoms with E-state index in [2.05, 4.69) is 10.3 Å². The van der Waals surface area contributed by atoms with Crippen LogP contribution in [0, 0.1) is 0 Å². The van der Waals surface area contributed by atoms with Crippen LogP contribution in [0.3, 0.4) is 0 Å². The van der Waals surface area contributed by atoms with Gasteiger partial charge in [-0.1, -0.05) is 48.5 Å². The fourth-order valence-corrected chi connectivity index (χ4v) is 6.20. The van der Waals surface area contributed by atoms with Gasteiger partial charge in [-0.15, -0.1) is 11.3 Å². The summed E-state index contributed by atoms with van der Waals surface area (Å²) in [6.07, 6.45) is 3.52. The zero-order valence-corrected chi connectivity index (χ0v) is 17.0. The average molecular weight is 422 g/mol. The predicted octanol–water partition coefficient (Wildman–Crippen LogP) is 3.51. The number of fused-ring (bicyclic) bond motifs is 1. The first-order valence-electron chi connectivity index (χ1n) is 8.88. The van der Waals surface area contributed by atoms with Crippen LogP contribution >= 0.6 is 34.9 Å². The van der Waals surface area contributed by atoms with Crippen LogP contribution in [-0.4, -0.2) is 50.5 Å². The fourth-order valence-electron chi connectivity index (χ4n) is 3.56. The maximum Gasteiger partial charge on any atom is 0.289 e. The first-order valence-corrected chi connectivity index (χ1v) is 11.7. The summed E-state index contributed by atoms with van der Waals surface area (Å²) in [5, 5.41) is 2.87. The van der Waals surface area contributed by atoms with Gasteiger partial charge in [-0.3, -0.25) is 19.3 Å². The van der Waals surface area contributed by atoms with E-state index in [1.165, 1.54) is 16.7 Å². The van der Waals surface area contributed by atoms with Crippen LogP contribution in [0.15, 0.2) is 28.6 Å². The molecule has 0 radical (unpaired) electrons. The second-order valence-electron chi connectivity index (χ2n) is 6.58. The van der Waals surface area contributed by atoms with Gasteiger partial charge in [0.2, 0.25) is 11.8 Å². The van der Waals surface area contributed by atoms with E-state index >= 15 is 0 Å². The Bertz CT molecular complexity index is 836. The van der Waals surface area contributed by atoms with Crippen LogP contribution in [0.25, 0.3) is 10.2 Å². The average Bonchev–Trinajstić information content (AvgIpc) is 3.23. The summed E-state index contributed by atoms with van der Waals surface area (Å²) in [6.45, 7) is 0. The highest BCUT2D eigenvalue weighted by atomic mass is 32.2. The molecule has 142 valence electrons. The molecule has 1 aromatic heterocycles. The van der Waals surface area contributed by atoms with Crippen molar-refractivity contribution in [3.05, 3.63) is 24.3 Å². The summed E-state index contributed by atoms with van der Waals surface area (Å²) in [4.78, 5) is 42.5. The summed E-state index contributed by atoms with van der Waals surface area (Å²) >= 11 is 4.05. The van der Waals surface area contributed by atoms with Crippen LogP contribution in [0.4, 0.5) is 4.79 Å². The van der Waals surface area contributed by atoms with Gasteiger partial charge in [0.25, 0.3) is 5.24 Å². The summed E-state index contributed by atoms with van der Waals surface area (Å²) in [5.41, 5.74) is 0.946. The van der Waals surface area contributed by atoms with Crippen LogP contribution in [-0.2, 0) is 9.59 Å². The molecule has 2 heterocycles. The minimum Gasteiger partial charge on any atom is -0.351 e. The number of para-hydroxylation sites is 1. The number of thioether (sulfide) groups is 2. The molecule has 2 atom stereocenters. The number of carbonyl (C=O) groups is 3. The maximum absolute atomic E-state index is 12.5. The van der Waals surface area contributed by atoms with Gasteiger partial charge in [0.15, 0.2) is 4.34 Å². The smallest absolute Gasteiger partial charge is 0.289 e. The fraction of sp³-hybridized carbons (Fsp3) is 0.444. The highest BCUT2D eigenvalue weighted by molar-refractivity contribution is 8.14. The minimum atomic E-state index is -0.217. The molecule has 27 heavy (non-hydrogen) atoms. The van der Waals surface area contributed by atoms with E-state index in [1.54, 1.807) is 11.3 Å². The Labute approximate surface area is 169 Å². The third kappa shape index (κ3) is 4.14. The Morgan fingerprint density at radius 2 is 2.07 bits per heavy atom. The van der Waals surface area contributed by atoms with Gasteiger partial charge in [0, 0.05) is 6.04 Å². The molecule has 2 aromatic rings. The molecule has 0 spiro atoms. The van der Waals surface area contributed by atoms with Gasteiger partial charge in [-0.05, 0) is 25.0 Å². The molecule has 1 saturated heterocycles. The lowest BCUT2D eigenvalue weighted by Crippen LogP contribution is -2.55. The van der Waals surface area contributed by atoms with E-state index in [0.29, 0.717) is 0 Å². The second kappa shape index (κ2) is 8.20. The van der Waals surface area contributed by atoms with Crippen molar-refractivity contribution < 1.29 is 14.4 Å². The van der Waals surface area contributed by atoms with Crippen LogP contribution in [0.2, 0.25) is 0 Å². The molecule has 9 heteroatoms. The third-order valence-electron chi connectivity index (χ3n) is 4.79. The number of thiazole rings is 1. The van der Waals surface area contributed by atoms with E-state index in [0.717, 1.165) is 52.0 Å². The van der Waals surface area contributed by atoms with Crippen LogP contribution in [0.1, 0.15) is 25.7 Å². The van der Waals surface area contributed by atoms with Crippen molar-refractivity contribution in [3.63, 3.8) is 0 Å². The molecule has 1 N–H and O–H groups in total. The van der Waals surface area contributed by atoms with Crippen molar-refractivity contribution in [3.8, 4) is 0 Å². The lowest BCUT2D eigenvalue weighted by molar-refractivity contribution is -0.128. The number of hydrogen-bond donors (Lipinski definition) is 1. The number of aromatic nitrogens is 1. The Morgan fingerprint density at radius 3 is 2.85 bits per heavy atom. The van der Waals surface area contributed by atoms with E-state index in [4.69, 9.17) is 0 Å². The molecule has 3 amide bonds. The van der Waals surface area contributed by atoms with Gasteiger partial charge in [-0.2, -0.15) is 0 Å². The van der Waals surface area contributed by atoms with Crippen molar-refractivity contribution in [2.75, 3.05) is 11.5 Å². The molecule has 4 rings (SSSR count). The van der Waals surface area contributed by atoms with Gasteiger partial charge in [0.1, 0.15) is 0 Å². The Balaban J connectivity index is 1.37. The molecule has 2 unspecified atom stereocenters. The largest absolute Gasteiger partial charge is 0.351 e. The van der Waals surface area contributed by atoms with Crippen molar-refractivity contribution in [2.45, 2.75) is 42.1 Å². The second-order valence-corrected chi connectivity index (χ2v) is 9.76. The SMILES string of the molecule is O=C(CSc1nc2ccccc2s1)NC1CCCCC1N1C(=O)CSC1=O. The predicted molar refractivity (Wildman–Crippen MR) is 109 cm³/mol. The van der Waals surface area contributed by atoms with Crippen molar-refractivity contribution >= 4 is 62.1 Å². The molecule has 2 aliphatic rings. The highest BCUT2D eigenvalue weighted by Gasteiger charge is 2.41. The van der Waals surface area contributed by atoms with Crippen molar-refractivity contribution in [1.82, 2.24) is 15.2 Å². The summed E-state index contributed by atoms with van der Waals surface area (Å²) in [7, 11) is 0. The molecular weight excluding hydrogens is 402 g/mol. The standard InChI is InChI=1S/C18H19N3O3S3/c22-15(9-25-17-20-12-6-2-4-8-14(12)27-17)19-11-5-1-3-7-13(11)21-16(23)10-26-18(21)24/h2,4,6,8,11,13H,1,3,5,7,9-10H2,(H,19,22). The summed E-state index contributed by atoms with van der Waals surface area (Å²) in [5.74, 6) is 0.270. The Kier molecular flexibility index (Phi) is 5.70. The maximum atomic E-state index is 12.5. The highest BCUT2D eigenvalue weighted by Crippen LogP contribution is 2.31. The van der Waals surface area contributed by atoms with Crippen molar-refractivity contribution in [1.29, 1.82) is 0 Å². The minimum absolute atomic E-state index is 0.0806. The quantitative estimate of drug-likeness (QED) is 0.745. The molecule has 6 nitrogen and oxygen atoms in total. The molecule has 0 bridgehead atoms. The molecule has 1 saturated carbocycles. The number of hydrogen-bond acceptors (Lipinski definition) is 7.